The lowest BCUT2D eigenvalue weighted by Crippen LogP contribution is -2.47. The lowest BCUT2D eigenvalue weighted by Gasteiger charge is -2.25. The maximum Gasteiger partial charge on any atom is 0.375 e. The molecular formula is C21H17NO7. The summed E-state index contributed by atoms with van der Waals surface area (Å²) < 4.78 is 21.4. The Morgan fingerprint density at radius 2 is 1.79 bits per heavy atom. The zero-order valence-corrected chi connectivity index (χ0v) is 15.5. The summed E-state index contributed by atoms with van der Waals surface area (Å²) in [5.74, 6) is -1.28. The summed E-state index contributed by atoms with van der Waals surface area (Å²) in [6.07, 6.45) is -0.984. The molecule has 0 bridgehead atoms. The van der Waals surface area contributed by atoms with Crippen molar-refractivity contribution < 1.29 is 33.0 Å². The largest absolute Gasteiger partial charge is 0.485 e. The molecule has 0 spiro atoms. The van der Waals surface area contributed by atoms with Gasteiger partial charge in [0.1, 0.15) is 12.2 Å². The van der Waals surface area contributed by atoms with Gasteiger partial charge in [-0.3, -0.25) is 14.9 Å². The fourth-order valence-corrected chi connectivity index (χ4v) is 2.97. The zero-order valence-electron chi connectivity index (χ0n) is 15.5. The number of amides is 2. The third-order valence-electron chi connectivity index (χ3n) is 4.43. The van der Waals surface area contributed by atoms with Crippen molar-refractivity contribution in [2.24, 2.45) is 0 Å². The molecule has 1 aliphatic heterocycles. The van der Waals surface area contributed by atoms with Gasteiger partial charge in [0.15, 0.2) is 18.1 Å². The number of carbonyl (C=O) groups is 3. The molecule has 0 fully saturated rings. The number of nitrogens with one attached hydrogen (secondary N) is 1. The molecule has 1 aromatic heterocycles. The molecule has 8 nitrogen and oxygen atoms in total. The average molecular weight is 395 g/mol. The van der Waals surface area contributed by atoms with Gasteiger partial charge in [0, 0.05) is 10.9 Å². The first-order valence-corrected chi connectivity index (χ1v) is 8.90. The van der Waals surface area contributed by atoms with E-state index in [1.54, 1.807) is 43.3 Å². The second kappa shape index (κ2) is 7.67. The van der Waals surface area contributed by atoms with E-state index in [1.807, 2.05) is 12.1 Å². The summed E-state index contributed by atoms with van der Waals surface area (Å²) in [5, 5.41) is 2.92. The molecule has 2 aromatic carbocycles. The van der Waals surface area contributed by atoms with Crippen LogP contribution in [0.3, 0.4) is 0 Å². The Balaban J connectivity index is 1.32. The maximum atomic E-state index is 12.2. The molecule has 0 saturated heterocycles. The molecule has 1 atom stereocenters. The molecule has 1 unspecified atom stereocenters. The Hall–Kier alpha value is -3.81. The molecule has 2 amide bonds. The molecule has 1 aliphatic rings. The highest BCUT2D eigenvalue weighted by Crippen LogP contribution is 2.30. The van der Waals surface area contributed by atoms with E-state index < -0.39 is 30.5 Å². The molecular weight excluding hydrogens is 378 g/mol. The Bertz CT molecular complexity index is 1100. The average Bonchev–Trinajstić information content (AvgIpc) is 3.08. The number of carbonyl (C=O) groups excluding carboxylic acids is 3. The van der Waals surface area contributed by atoms with Crippen LogP contribution in [0.1, 0.15) is 16.1 Å². The summed E-state index contributed by atoms with van der Waals surface area (Å²) in [6.45, 7) is 1.06. The van der Waals surface area contributed by atoms with Crippen LogP contribution in [-0.4, -0.2) is 37.1 Å². The van der Waals surface area contributed by atoms with Crippen molar-refractivity contribution in [2.75, 3.05) is 13.2 Å². The highest BCUT2D eigenvalue weighted by molar-refractivity contribution is 6.00. The minimum absolute atomic E-state index is 0.0194. The number of benzene rings is 2. The summed E-state index contributed by atoms with van der Waals surface area (Å²) in [5.41, 5.74) is 1.17. The number of rotatable bonds is 4. The second-order valence-corrected chi connectivity index (χ2v) is 6.41. The Labute approximate surface area is 165 Å². The van der Waals surface area contributed by atoms with Gasteiger partial charge in [-0.1, -0.05) is 30.3 Å². The molecule has 3 aromatic rings. The van der Waals surface area contributed by atoms with E-state index in [0.717, 1.165) is 5.39 Å². The number of fused-ring (bicyclic) bond motifs is 2. The molecule has 0 radical (unpaired) electrons. The van der Waals surface area contributed by atoms with Crippen LogP contribution in [0.5, 0.6) is 11.5 Å². The standard InChI is InChI=1S/C21H17NO7/c1-12-13-6-2-3-7-14(13)29-19(12)21(25)27-11-18(23)22-20(24)17-10-26-15-8-4-5-9-16(15)28-17/h2-9,17H,10-11H2,1H3,(H,22,23,24). The first-order valence-electron chi connectivity index (χ1n) is 8.90. The smallest absolute Gasteiger partial charge is 0.375 e. The predicted molar refractivity (Wildman–Crippen MR) is 101 cm³/mol. The lowest BCUT2D eigenvalue weighted by atomic mass is 10.1. The first-order chi connectivity index (χ1) is 14.0. The van der Waals surface area contributed by atoms with Crippen LogP contribution in [0.4, 0.5) is 0 Å². The minimum atomic E-state index is -0.984. The first kappa shape index (κ1) is 18.5. The highest BCUT2D eigenvalue weighted by atomic mass is 16.6. The Morgan fingerprint density at radius 3 is 2.59 bits per heavy atom. The quantitative estimate of drug-likeness (QED) is 0.677. The summed E-state index contributed by atoms with van der Waals surface area (Å²) in [7, 11) is 0. The Morgan fingerprint density at radius 1 is 1.07 bits per heavy atom. The number of hydrogen-bond acceptors (Lipinski definition) is 7. The number of ether oxygens (including phenoxy) is 3. The highest BCUT2D eigenvalue weighted by Gasteiger charge is 2.29. The molecule has 0 aliphatic carbocycles. The monoisotopic (exact) mass is 395 g/mol. The van der Waals surface area contributed by atoms with Crippen LogP contribution in [0.15, 0.2) is 52.9 Å². The number of imide groups is 1. The van der Waals surface area contributed by atoms with E-state index in [2.05, 4.69) is 5.32 Å². The van der Waals surface area contributed by atoms with Crippen molar-refractivity contribution in [3.8, 4) is 11.5 Å². The minimum Gasteiger partial charge on any atom is -0.485 e. The topological polar surface area (TPSA) is 104 Å². The van der Waals surface area contributed by atoms with Crippen LogP contribution in [0.2, 0.25) is 0 Å². The normalized spacial score (nSPS) is 15.0. The van der Waals surface area contributed by atoms with Crippen molar-refractivity contribution in [3.63, 3.8) is 0 Å². The van der Waals surface area contributed by atoms with Gasteiger partial charge in [-0.05, 0) is 25.1 Å². The van der Waals surface area contributed by atoms with Crippen molar-refractivity contribution in [3.05, 3.63) is 59.9 Å². The van der Waals surface area contributed by atoms with Gasteiger partial charge in [0.05, 0.1) is 0 Å². The zero-order chi connectivity index (χ0) is 20.4. The van der Waals surface area contributed by atoms with E-state index in [1.165, 1.54) is 0 Å². The second-order valence-electron chi connectivity index (χ2n) is 6.41. The summed E-state index contributed by atoms with van der Waals surface area (Å²) in [4.78, 5) is 36.4. The fourth-order valence-electron chi connectivity index (χ4n) is 2.97. The van der Waals surface area contributed by atoms with E-state index in [4.69, 9.17) is 18.6 Å². The summed E-state index contributed by atoms with van der Waals surface area (Å²) >= 11 is 0. The number of esters is 1. The molecule has 29 heavy (non-hydrogen) atoms. The fraction of sp³-hybridized carbons (Fsp3) is 0.190. The molecule has 0 saturated carbocycles. The van der Waals surface area contributed by atoms with E-state index >= 15 is 0 Å². The van der Waals surface area contributed by atoms with Crippen LogP contribution in [0, 0.1) is 6.92 Å². The van der Waals surface area contributed by atoms with Gasteiger partial charge in [-0.2, -0.15) is 0 Å². The number of para-hydroxylation sites is 3. The van der Waals surface area contributed by atoms with Gasteiger partial charge in [-0.25, -0.2) is 4.79 Å². The SMILES string of the molecule is Cc1c(C(=O)OCC(=O)NC(=O)C2COc3ccccc3O2)oc2ccccc12. The van der Waals surface area contributed by atoms with E-state index in [9.17, 15) is 14.4 Å². The van der Waals surface area contributed by atoms with Crippen LogP contribution < -0.4 is 14.8 Å². The predicted octanol–water partition coefficient (Wildman–Crippen LogP) is 2.38. The van der Waals surface area contributed by atoms with Crippen molar-refractivity contribution in [2.45, 2.75) is 13.0 Å². The van der Waals surface area contributed by atoms with Crippen molar-refractivity contribution in [1.29, 1.82) is 0 Å². The number of hydrogen-bond donors (Lipinski definition) is 1. The van der Waals surface area contributed by atoms with Gasteiger partial charge >= 0.3 is 5.97 Å². The third-order valence-corrected chi connectivity index (χ3v) is 4.43. The van der Waals surface area contributed by atoms with Crippen molar-refractivity contribution in [1.82, 2.24) is 5.32 Å². The van der Waals surface area contributed by atoms with Gasteiger partial charge in [0.2, 0.25) is 11.9 Å². The van der Waals surface area contributed by atoms with Gasteiger partial charge in [0.25, 0.3) is 11.8 Å². The molecule has 1 N–H and O–H groups in total. The number of furan rings is 1. The molecule has 8 heteroatoms. The van der Waals surface area contributed by atoms with Crippen LogP contribution in [-0.2, 0) is 14.3 Å². The molecule has 148 valence electrons. The van der Waals surface area contributed by atoms with Crippen LogP contribution in [0.25, 0.3) is 11.0 Å². The van der Waals surface area contributed by atoms with E-state index in [-0.39, 0.29) is 12.4 Å². The van der Waals surface area contributed by atoms with Crippen molar-refractivity contribution >= 4 is 28.8 Å². The third kappa shape index (κ3) is 3.77. The summed E-state index contributed by atoms with van der Waals surface area (Å²) in [6, 6.07) is 14.1. The molecule has 2 heterocycles. The van der Waals surface area contributed by atoms with Gasteiger partial charge in [-0.15, -0.1) is 0 Å². The van der Waals surface area contributed by atoms with E-state index in [0.29, 0.717) is 22.6 Å². The lowest BCUT2D eigenvalue weighted by molar-refractivity contribution is -0.137. The molecule has 4 rings (SSSR count). The Kier molecular flexibility index (Phi) is 4.90. The maximum absolute atomic E-state index is 12.2. The number of aryl methyl sites for hydroxylation is 1. The van der Waals surface area contributed by atoms with Crippen LogP contribution >= 0.6 is 0 Å². The van der Waals surface area contributed by atoms with Gasteiger partial charge < -0.3 is 18.6 Å².